The monoisotopic (exact) mass is 626 g/mol. The molecule has 1 aliphatic heterocycles. The summed E-state index contributed by atoms with van der Waals surface area (Å²) in [4.78, 5) is 54.8. The summed E-state index contributed by atoms with van der Waals surface area (Å²) >= 11 is 0. The van der Waals surface area contributed by atoms with Crippen molar-refractivity contribution < 1.29 is 37.4 Å². The van der Waals surface area contributed by atoms with E-state index in [9.17, 15) is 32.7 Å². The molecule has 0 spiro atoms. The summed E-state index contributed by atoms with van der Waals surface area (Å²) in [6.45, 7) is 15.8. The number of nitrogens with one attached hydrogen (secondary N) is 3. The van der Waals surface area contributed by atoms with Crippen LogP contribution in [0.1, 0.15) is 99.8 Å². The highest BCUT2D eigenvalue weighted by atomic mass is 32.2. The van der Waals surface area contributed by atoms with Crippen molar-refractivity contribution in [2.45, 2.75) is 134 Å². The molecule has 3 fully saturated rings. The molecule has 43 heavy (non-hydrogen) atoms. The Balaban J connectivity index is 1.78. The van der Waals surface area contributed by atoms with E-state index in [4.69, 9.17) is 4.74 Å². The summed E-state index contributed by atoms with van der Waals surface area (Å²) in [6.07, 6.45) is 3.32. The zero-order chi connectivity index (χ0) is 32.6. The number of rotatable bonds is 12. The van der Waals surface area contributed by atoms with Crippen molar-refractivity contribution in [2.75, 3.05) is 6.54 Å². The number of carbonyl (C=O) groups is 4. The zero-order valence-corrected chi connectivity index (χ0v) is 27.4. The van der Waals surface area contributed by atoms with Crippen LogP contribution in [-0.2, 0) is 29.1 Å². The van der Waals surface area contributed by atoms with E-state index in [-0.39, 0.29) is 25.3 Å². The molecule has 244 valence electrons. The first-order valence-corrected chi connectivity index (χ1v) is 16.7. The molecule has 2 saturated carbocycles. The number of sulfonamides is 1. The van der Waals surface area contributed by atoms with Crippen molar-refractivity contribution in [1.29, 1.82) is 0 Å². The Labute approximate surface area is 255 Å². The SMILES string of the molecule is C=CCCCC1(S(=O)(=O)NC(=O)[C@@]2(NC(=O)[C@@H]3C[C@@H](O)CN3C(=O)[C@@H](NC(=O)OC(C)(C)C)C(C)(C)C)C[C@H]2CC)CC1. The predicted molar refractivity (Wildman–Crippen MR) is 161 cm³/mol. The second-order valence-electron chi connectivity index (χ2n) is 14.4. The van der Waals surface area contributed by atoms with Crippen LogP contribution in [-0.4, -0.2) is 82.9 Å². The summed E-state index contributed by atoms with van der Waals surface area (Å²) < 4.78 is 33.1. The van der Waals surface area contributed by atoms with Crippen LogP contribution < -0.4 is 15.4 Å². The molecule has 13 heteroatoms. The van der Waals surface area contributed by atoms with E-state index < -0.39 is 73.3 Å². The van der Waals surface area contributed by atoms with Gasteiger partial charge in [0.05, 0.1) is 10.9 Å². The lowest BCUT2D eigenvalue weighted by molar-refractivity contribution is -0.143. The van der Waals surface area contributed by atoms with Gasteiger partial charge in [0.25, 0.3) is 5.91 Å². The molecule has 3 aliphatic rings. The minimum Gasteiger partial charge on any atom is -0.444 e. The van der Waals surface area contributed by atoms with Gasteiger partial charge in [-0.15, -0.1) is 6.58 Å². The molecule has 3 rings (SSSR count). The summed E-state index contributed by atoms with van der Waals surface area (Å²) in [5.74, 6) is -2.30. The van der Waals surface area contributed by atoms with Gasteiger partial charge in [0.2, 0.25) is 21.8 Å². The molecule has 0 unspecified atom stereocenters. The van der Waals surface area contributed by atoms with E-state index >= 15 is 0 Å². The summed E-state index contributed by atoms with van der Waals surface area (Å²) in [7, 11) is -3.99. The lowest BCUT2D eigenvalue weighted by atomic mass is 9.85. The maximum absolute atomic E-state index is 13.8. The van der Waals surface area contributed by atoms with Gasteiger partial charge in [-0.3, -0.25) is 19.1 Å². The molecule has 4 amide bonds. The smallest absolute Gasteiger partial charge is 0.408 e. The first kappa shape index (κ1) is 34.8. The highest BCUT2D eigenvalue weighted by Crippen LogP contribution is 2.49. The Hall–Kier alpha value is -2.67. The first-order chi connectivity index (χ1) is 19.7. The molecule has 0 aromatic carbocycles. The Morgan fingerprint density at radius 3 is 2.26 bits per heavy atom. The Morgan fingerprint density at radius 2 is 1.77 bits per heavy atom. The fourth-order valence-corrected chi connectivity index (χ4v) is 7.54. The lowest BCUT2D eigenvalue weighted by Gasteiger charge is -2.36. The molecule has 12 nitrogen and oxygen atoms in total. The molecular weight excluding hydrogens is 576 g/mol. The minimum absolute atomic E-state index is 0.0694. The van der Waals surface area contributed by atoms with Gasteiger partial charge in [-0.1, -0.05) is 40.2 Å². The van der Waals surface area contributed by atoms with Gasteiger partial charge in [0, 0.05) is 13.0 Å². The molecule has 0 bridgehead atoms. The van der Waals surface area contributed by atoms with Crippen LogP contribution in [0.3, 0.4) is 0 Å². The molecule has 4 N–H and O–H groups in total. The number of likely N-dealkylation sites (tertiary alicyclic amines) is 1. The van der Waals surface area contributed by atoms with Crippen LogP contribution in [0, 0.1) is 11.3 Å². The van der Waals surface area contributed by atoms with Crippen molar-refractivity contribution in [2.24, 2.45) is 11.3 Å². The van der Waals surface area contributed by atoms with Crippen LogP contribution in [0.4, 0.5) is 4.79 Å². The van der Waals surface area contributed by atoms with Crippen molar-refractivity contribution in [3.8, 4) is 0 Å². The maximum Gasteiger partial charge on any atom is 0.408 e. The van der Waals surface area contributed by atoms with Crippen molar-refractivity contribution >= 4 is 33.8 Å². The lowest BCUT2D eigenvalue weighted by Crippen LogP contribution is -2.60. The molecule has 1 saturated heterocycles. The third-order valence-electron chi connectivity index (χ3n) is 8.63. The number of alkyl carbamates (subject to hydrolysis) is 1. The standard InChI is InChI=1S/C30H50N4O8S/c1-9-11-12-13-29(14-15-29)43(40,41)33-25(38)30(17-19(30)10-2)32-23(36)21-16-20(35)18-34(21)24(37)22(27(3,4)5)31-26(39)42-28(6,7)8/h9,19-22,35H,1,10-18H2,2-8H3,(H,31,39)(H,32,36)(H,33,38)/t19-,20-,21+,22-,30-/m1/s1. The third-order valence-corrected chi connectivity index (χ3v) is 10.8. The molecule has 0 aromatic heterocycles. The van der Waals surface area contributed by atoms with E-state index in [1.54, 1.807) is 47.6 Å². The van der Waals surface area contributed by atoms with Gasteiger partial charge in [0.15, 0.2) is 0 Å². The average molecular weight is 627 g/mol. The predicted octanol–water partition coefficient (Wildman–Crippen LogP) is 2.51. The maximum atomic E-state index is 13.8. The van der Waals surface area contributed by atoms with Crippen molar-refractivity contribution in [3.05, 3.63) is 12.7 Å². The summed E-state index contributed by atoms with van der Waals surface area (Å²) in [5, 5.41) is 15.9. The molecule has 1 heterocycles. The zero-order valence-electron chi connectivity index (χ0n) is 26.6. The Kier molecular flexibility index (Phi) is 10.0. The molecule has 2 aliphatic carbocycles. The highest BCUT2D eigenvalue weighted by Gasteiger charge is 2.63. The van der Waals surface area contributed by atoms with Gasteiger partial charge in [-0.2, -0.15) is 0 Å². The number of allylic oxidation sites excluding steroid dienone is 1. The quantitative estimate of drug-likeness (QED) is 0.189. The summed E-state index contributed by atoms with van der Waals surface area (Å²) in [6, 6.07) is -2.20. The number of aliphatic hydroxyl groups excluding tert-OH is 1. The van der Waals surface area contributed by atoms with Gasteiger partial charge < -0.3 is 25.4 Å². The van der Waals surface area contributed by atoms with E-state index in [2.05, 4.69) is 21.9 Å². The van der Waals surface area contributed by atoms with Crippen LogP contribution in [0.5, 0.6) is 0 Å². The number of amides is 4. The van der Waals surface area contributed by atoms with Crippen LogP contribution in [0.2, 0.25) is 0 Å². The van der Waals surface area contributed by atoms with E-state index in [0.717, 1.165) is 0 Å². The number of β-amino-alcohol motifs (C(OH)–C–C–N with tert-alkyl or cyclic N) is 1. The second-order valence-corrected chi connectivity index (χ2v) is 16.5. The number of ether oxygens (including phenoxy) is 1. The second kappa shape index (κ2) is 12.4. The minimum atomic E-state index is -3.99. The van der Waals surface area contributed by atoms with Crippen LogP contribution >= 0.6 is 0 Å². The fraction of sp³-hybridized carbons (Fsp3) is 0.800. The number of hydrogen-bond acceptors (Lipinski definition) is 8. The molecule has 5 atom stereocenters. The number of hydrogen-bond donors (Lipinski definition) is 4. The first-order valence-electron chi connectivity index (χ1n) is 15.2. The summed E-state index contributed by atoms with van der Waals surface area (Å²) in [5.41, 5.74) is -3.00. The van der Waals surface area contributed by atoms with Crippen LogP contribution in [0.25, 0.3) is 0 Å². The number of nitrogens with zero attached hydrogens (tertiary/aromatic N) is 1. The van der Waals surface area contributed by atoms with Gasteiger partial charge >= 0.3 is 6.09 Å². The normalized spacial score (nSPS) is 27.1. The third kappa shape index (κ3) is 7.89. The largest absolute Gasteiger partial charge is 0.444 e. The van der Waals surface area contributed by atoms with Crippen molar-refractivity contribution in [1.82, 2.24) is 20.3 Å². The average Bonchev–Trinajstić information content (AvgIpc) is 3.76. The van der Waals surface area contributed by atoms with Gasteiger partial charge in [-0.05, 0) is 70.6 Å². The Morgan fingerprint density at radius 1 is 1.14 bits per heavy atom. The molecule has 0 aromatic rings. The van der Waals surface area contributed by atoms with E-state index in [1.807, 2.05) is 6.92 Å². The number of carbonyl (C=O) groups excluding carboxylic acids is 4. The Bertz CT molecular complexity index is 1220. The highest BCUT2D eigenvalue weighted by molar-refractivity contribution is 7.91. The number of aliphatic hydroxyl groups is 1. The van der Waals surface area contributed by atoms with Gasteiger partial charge in [0.1, 0.15) is 23.2 Å². The number of unbranched alkanes of at least 4 members (excludes halogenated alkanes) is 1. The fourth-order valence-electron chi connectivity index (χ4n) is 5.84. The molecular formula is C30H50N4O8S. The topological polar surface area (TPSA) is 171 Å². The van der Waals surface area contributed by atoms with E-state index in [1.165, 1.54) is 4.90 Å². The van der Waals surface area contributed by atoms with Gasteiger partial charge in [-0.25, -0.2) is 13.2 Å². The van der Waals surface area contributed by atoms with E-state index in [0.29, 0.717) is 38.5 Å². The molecule has 0 radical (unpaired) electrons. The van der Waals surface area contributed by atoms with Crippen LogP contribution in [0.15, 0.2) is 12.7 Å². The van der Waals surface area contributed by atoms with Crippen molar-refractivity contribution in [3.63, 3.8) is 0 Å².